The first kappa shape index (κ1) is 21.6. The third-order valence-corrected chi connectivity index (χ3v) is 3.93. The Morgan fingerprint density at radius 2 is 1.89 bits per heavy atom. The number of aliphatic imine (C=N–C) groups is 1. The molecule has 0 saturated heterocycles. The highest BCUT2D eigenvalue weighted by Crippen LogP contribution is 2.24. The first-order chi connectivity index (χ1) is 13.1. The van der Waals surface area contributed by atoms with Gasteiger partial charge in [0, 0.05) is 11.9 Å². The van der Waals surface area contributed by atoms with E-state index in [1.54, 1.807) is 30.5 Å². The van der Waals surface area contributed by atoms with Gasteiger partial charge in [-0.3, -0.25) is 4.98 Å². The van der Waals surface area contributed by atoms with Crippen molar-refractivity contribution in [1.82, 2.24) is 4.98 Å². The molecule has 0 aliphatic heterocycles. The average Bonchev–Trinajstić information content (AvgIpc) is 2.70. The number of aryl methyl sites for hydroxylation is 1. The van der Waals surface area contributed by atoms with Crippen molar-refractivity contribution in [3.63, 3.8) is 0 Å². The fraction of sp³-hybridized carbons (Fsp3) is 0.143. The van der Waals surface area contributed by atoms with Gasteiger partial charge < -0.3 is 15.8 Å². The quantitative estimate of drug-likeness (QED) is 0.285. The van der Waals surface area contributed by atoms with Crippen molar-refractivity contribution >= 4 is 35.6 Å². The van der Waals surface area contributed by atoms with Gasteiger partial charge in [-0.1, -0.05) is 25.1 Å². The fourth-order valence-corrected chi connectivity index (χ4v) is 2.45. The van der Waals surface area contributed by atoms with Crippen LogP contribution >= 0.6 is 24.0 Å². The number of pyridine rings is 1. The number of nitrogens with zero attached hydrogens (tertiary/aromatic N) is 2. The fourth-order valence-electron chi connectivity index (χ4n) is 2.45. The predicted octanol–water partition coefficient (Wildman–Crippen LogP) is 5.12. The number of rotatable bonds is 6. The van der Waals surface area contributed by atoms with Crippen LogP contribution in [0.5, 0.6) is 11.5 Å². The van der Waals surface area contributed by atoms with E-state index >= 15 is 0 Å². The molecule has 0 amide bonds. The zero-order valence-corrected chi connectivity index (χ0v) is 17.8. The van der Waals surface area contributed by atoms with E-state index in [9.17, 15) is 4.39 Å². The highest BCUT2D eigenvalue weighted by Gasteiger charge is 2.06. The van der Waals surface area contributed by atoms with E-state index in [0.29, 0.717) is 11.3 Å². The molecule has 3 N–H and O–H groups in total. The van der Waals surface area contributed by atoms with Crippen LogP contribution in [0, 0.1) is 5.82 Å². The molecule has 0 spiro atoms. The third kappa shape index (κ3) is 6.19. The number of aromatic nitrogens is 1. The number of hydrogen-bond acceptors (Lipinski definition) is 3. The summed E-state index contributed by atoms with van der Waals surface area (Å²) in [6, 6.07) is 16.1. The van der Waals surface area contributed by atoms with E-state index in [2.05, 4.69) is 22.2 Å². The number of guanidine groups is 1. The number of benzene rings is 2. The Morgan fingerprint density at radius 3 is 2.54 bits per heavy atom. The molecule has 28 heavy (non-hydrogen) atoms. The van der Waals surface area contributed by atoms with Crippen LogP contribution < -0.4 is 15.8 Å². The summed E-state index contributed by atoms with van der Waals surface area (Å²) in [5.41, 5.74) is 8.71. The van der Waals surface area contributed by atoms with Crippen LogP contribution in [0.3, 0.4) is 0 Å². The smallest absolute Gasteiger partial charge is 0.193 e. The lowest BCUT2D eigenvalue weighted by Gasteiger charge is -2.08. The molecule has 1 heterocycles. The van der Waals surface area contributed by atoms with E-state index in [0.717, 1.165) is 12.1 Å². The minimum Gasteiger partial charge on any atom is -0.453 e. The molecule has 7 heteroatoms. The molecule has 5 nitrogen and oxygen atoms in total. The summed E-state index contributed by atoms with van der Waals surface area (Å²) in [6.45, 7) is 2.36. The Kier molecular flexibility index (Phi) is 8.19. The number of nitrogens with one attached hydrogen (secondary N) is 1. The van der Waals surface area contributed by atoms with E-state index in [1.807, 2.05) is 24.3 Å². The Hall–Kier alpha value is -2.68. The number of nitrogens with two attached hydrogens (primary N) is 1. The van der Waals surface area contributed by atoms with Crippen LogP contribution in [0.25, 0.3) is 0 Å². The minimum absolute atomic E-state index is 0. The van der Waals surface area contributed by atoms with Gasteiger partial charge in [0.1, 0.15) is 5.75 Å². The van der Waals surface area contributed by atoms with Crippen molar-refractivity contribution in [2.75, 3.05) is 5.32 Å². The van der Waals surface area contributed by atoms with Crippen molar-refractivity contribution < 1.29 is 9.13 Å². The van der Waals surface area contributed by atoms with Gasteiger partial charge in [0.2, 0.25) is 0 Å². The van der Waals surface area contributed by atoms with Gasteiger partial charge in [0.15, 0.2) is 17.5 Å². The van der Waals surface area contributed by atoms with Crippen LogP contribution in [0.4, 0.5) is 10.1 Å². The lowest BCUT2D eigenvalue weighted by atomic mass is 10.1. The van der Waals surface area contributed by atoms with E-state index in [1.165, 1.54) is 17.8 Å². The number of hydrogen-bond donors (Lipinski definition) is 2. The number of halogens is 2. The molecular formula is C21H22FIN4O. The maximum Gasteiger partial charge on any atom is 0.193 e. The maximum absolute atomic E-state index is 14.2. The van der Waals surface area contributed by atoms with E-state index in [4.69, 9.17) is 10.5 Å². The standard InChI is InChI=1S/C21H21FN4O.HI/c1-2-15-5-8-17(9-6-15)26-21(23)25-13-16-7-10-20(19(22)12-16)27-18-4-3-11-24-14-18;/h3-12,14H,2,13H2,1H3,(H3,23,25,26);1H. The predicted molar refractivity (Wildman–Crippen MR) is 121 cm³/mol. The minimum atomic E-state index is -0.465. The van der Waals surface area contributed by atoms with Crippen LogP contribution in [-0.2, 0) is 13.0 Å². The summed E-state index contributed by atoms with van der Waals surface area (Å²) >= 11 is 0. The summed E-state index contributed by atoms with van der Waals surface area (Å²) in [5, 5.41) is 3.02. The molecule has 0 saturated carbocycles. The molecule has 3 rings (SSSR count). The van der Waals surface area contributed by atoms with Crippen LogP contribution in [0.15, 0.2) is 72.0 Å². The first-order valence-electron chi connectivity index (χ1n) is 8.66. The molecule has 0 atom stereocenters. The monoisotopic (exact) mass is 492 g/mol. The molecule has 0 unspecified atom stereocenters. The van der Waals surface area contributed by atoms with Gasteiger partial charge in [-0.25, -0.2) is 9.38 Å². The van der Waals surface area contributed by atoms with Crippen molar-refractivity contribution in [1.29, 1.82) is 0 Å². The molecule has 1 aromatic heterocycles. The molecule has 0 aliphatic rings. The summed E-state index contributed by atoms with van der Waals surface area (Å²) < 4.78 is 19.7. The topological polar surface area (TPSA) is 72.5 Å². The van der Waals surface area contributed by atoms with Crippen LogP contribution in [0.2, 0.25) is 0 Å². The van der Waals surface area contributed by atoms with Gasteiger partial charge in [0.25, 0.3) is 0 Å². The van der Waals surface area contributed by atoms with Gasteiger partial charge in [-0.15, -0.1) is 24.0 Å². The molecule has 146 valence electrons. The van der Waals surface area contributed by atoms with Crippen molar-refractivity contribution in [3.8, 4) is 11.5 Å². The third-order valence-electron chi connectivity index (χ3n) is 3.93. The maximum atomic E-state index is 14.2. The van der Waals surface area contributed by atoms with Crippen molar-refractivity contribution in [3.05, 3.63) is 83.9 Å². The SMILES string of the molecule is CCc1ccc(NC(N)=NCc2ccc(Oc3cccnc3)c(F)c2)cc1.I. The van der Waals surface area contributed by atoms with Gasteiger partial charge in [-0.05, 0) is 53.9 Å². The Morgan fingerprint density at radius 1 is 1.14 bits per heavy atom. The first-order valence-corrected chi connectivity index (χ1v) is 8.66. The normalized spacial score (nSPS) is 10.9. The van der Waals surface area contributed by atoms with E-state index in [-0.39, 0.29) is 42.2 Å². The Labute approximate surface area is 180 Å². The summed E-state index contributed by atoms with van der Waals surface area (Å²) in [6.07, 6.45) is 4.13. The van der Waals surface area contributed by atoms with E-state index < -0.39 is 5.82 Å². The summed E-state index contributed by atoms with van der Waals surface area (Å²) in [5.74, 6) is 0.422. The van der Waals surface area contributed by atoms with Gasteiger partial charge >= 0.3 is 0 Å². The Bertz CT molecular complexity index is 917. The second kappa shape index (κ2) is 10.6. The summed E-state index contributed by atoms with van der Waals surface area (Å²) in [7, 11) is 0. The van der Waals surface area contributed by atoms with Crippen LogP contribution in [-0.4, -0.2) is 10.9 Å². The van der Waals surface area contributed by atoms with Crippen LogP contribution in [0.1, 0.15) is 18.1 Å². The highest BCUT2D eigenvalue weighted by molar-refractivity contribution is 14.0. The second-order valence-corrected chi connectivity index (χ2v) is 5.93. The van der Waals surface area contributed by atoms with Crippen molar-refractivity contribution in [2.45, 2.75) is 19.9 Å². The number of ether oxygens (including phenoxy) is 1. The zero-order valence-electron chi connectivity index (χ0n) is 15.4. The van der Waals surface area contributed by atoms with Gasteiger partial charge in [0.05, 0.1) is 12.7 Å². The zero-order chi connectivity index (χ0) is 19.1. The Balaban J connectivity index is 0.00000280. The van der Waals surface area contributed by atoms with Crippen molar-refractivity contribution in [2.24, 2.45) is 10.7 Å². The molecule has 3 aromatic rings. The lowest BCUT2D eigenvalue weighted by molar-refractivity contribution is 0.440. The molecular weight excluding hydrogens is 470 g/mol. The lowest BCUT2D eigenvalue weighted by Crippen LogP contribution is -2.22. The molecule has 2 aromatic carbocycles. The molecule has 0 radical (unpaired) electrons. The number of anilines is 1. The highest BCUT2D eigenvalue weighted by atomic mass is 127. The molecule has 0 bridgehead atoms. The average molecular weight is 492 g/mol. The van der Waals surface area contributed by atoms with Gasteiger partial charge in [-0.2, -0.15) is 0 Å². The molecule has 0 aliphatic carbocycles. The largest absolute Gasteiger partial charge is 0.453 e. The summed E-state index contributed by atoms with van der Waals surface area (Å²) in [4.78, 5) is 8.19. The second-order valence-electron chi connectivity index (χ2n) is 5.93. The molecule has 0 fully saturated rings.